The predicted molar refractivity (Wildman–Crippen MR) is 97.5 cm³/mol. The van der Waals surface area contributed by atoms with Crippen LogP contribution in [0.15, 0.2) is 66.7 Å². The third kappa shape index (κ3) is 3.92. The second-order valence-electron chi connectivity index (χ2n) is 5.36. The number of benzene rings is 2. The number of carbonyl (C=O) groups excluding carboxylic acids is 1. The van der Waals surface area contributed by atoms with Gasteiger partial charge in [0.2, 0.25) is 0 Å². The lowest BCUT2D eigenvalue weighted by Gasteiger charge is -2.16. The van der Waals surface area contributed by atoms with Gasteiger partial charge in [0, 0.05) is 18.4 Å². The van der Waals surface area contributed by atoms with Crippen LogP contribution in [0.4, 0.5) is 17.2 Å². The van der Waals surface area contributed by atoms with Gasteiger partial charge < -0.3 is 15.0 Å². The highest BCUT2D eigenvalue weighted by Gasteiger charge is 2.15. The summed E-state index contributed by atoms with van der Waals surface area (Å²) in [5, 5.41) is 11.2. The molecule has 1 heterocycles. The molecule has 0 unspecified atom stereocenters. The average molecular weight is 334 g/mol. The van der Waals surface area contributed by atoms with Gasteiger partial charge in [-0.05, 0) is 48.5 Å². The van der Waals surface area contributed by atoms with Gasteiger partial charge in [0.15, 0.2) is 11.5 Å². The number of para-hydroxylation sites is 1. The Morgan fingerprint density at radius 1 is 0.960 bits per heavy atom. The van der Waals surface area contributed by atoms with Crippen LogP contribution in [0.1, 0.15) is 10.5 Å². The summed E-state index contributed by atoms with van der Waals surface area (Å²) in [6.07, 6.45) is 0. The number of amides is 1. The molecule has 126 valence electrons. The third-order valence-corrected chi connectivity index (χ3v) is 3.69. The summed E-state index contributed by atoms with van der Waals surface area (Å²) < 4.78 is 5.12. The molecule has 0 aliphatic carbocycles. The lowest BCUT2D eigenvalue weighted by molar-refractivity contribution is 0.0987. The zero-order valence-corrected chi connectivity index (χ0v) is 14.0. The van der Waals surface area contributed by atoms with Crippen molar-refractivity contribution in [3.8, 4) is 5.75 Å². The van der Waals surface area contributed by atoms with E-state index >= 15 is 0 Å². The van der Waals surface area contributed by atoms with Gasteiger partial charge >= 0.3 is 0 Å². The average Bonchev–Trinajstić information content (AvgIpc) is 2.69. The molecule has 0 spiro atoms. The molecule has 3 aromatic rings. The smallest absolute Gasteiger partial charge is 0.278 e. The zero-order chi connectivity index (χ0) is 17.6. The number of ether oxygens (including phenoxy) is 1. The fourth-order valence-electron chi connectivity index (χ4n) is 2.28. The van der Waals surface area contributed by atoms with Crippen molar-refractivity contribution in [3.05, 3.63) is 72.4 Å². The Morgan fingerprint density at radius 3 is 2.28 bits per heavy atom. The van der Waals surface area contributed by atoms with E-state index < -0.39 is 0 Å². The Balaban J connectivity index is 1.70. The fourth-order valence-corrected chi connectivity index (χ4v) is 2.28. The zero-order valence-electron chi connectivity index (χ0n) is 14.0. The molecule has 0 fully saturated rings. The largest absolute Gasteiger partial charge is 0.497 e. The summed E-state index contributed by atoms with van der Waals surface area (Å²) in [6, 6.07) is 20.2. The second-order valence-corrected chi connectivity index (χ2v) is 5.36. The van der Waals surface area contributed by atoms with Gasteiger partial charge in [0.25, 0.3) is 5.91 Å². The lowest BCUT2D eigenvalue weighted by Crippen LogP contribution is -2.27. The van der Waals surface area contributed by atoms with E-state index in [0.29, 0.717) is 5.82 Å². The first-order valence-electron chi connectivity index (χ1n) is 7.75. The number of hydrogen-bond donors (Lipinski definition) is 1. The van der Waals surface area contributed by atoms with Crippen LogP contribution in [0.5, 0.6) is 5.75 Å². The molecule has 3 rings (SSSR count). The number of aromatic nitrogens is 2. The van der Waals surface area contributed by atoms with E-state index in [-0.39, 0.29) is 11.6 Å². The number of methoxy groups -OCH3 is 1. The molecule has 6 heteroatoms. The van der Waals surface area contributed by atoms with Gasteiger partial charge in [-0.3, -0.25) is 4.79 Å². The van der Waals surface area contributed by atoms with E-state index in [1.165, 1.54) is 0 Å². The van der Waals surface area contributed by atoms with Crippen molar-refractivity contribution in [1.29, 1.82) is 0 Å². The molecule has 0 saturated heterocycles. The minimum atomic E-state index is -0.213. The van der Waals surface area contributed by atoms with Crippen LogP contribution in [0.25, 0.3) is 0 Å². The number of nitrogens with zero attached hydrogens (tertiary/aromatic N) is 3. The molecule has 1 aromatic heterocycles. The SMILES string of the molecule is COc1ccc(Nc2ccc(C(=O)N(C)c3ccccc3)nn2)cc1. The van der Waals surface area contributed by atoms with Crippen molar-refractivity contribution in [2.75, 3.05) is 24.4 Å². The van der Waals surface area contributed by atoms with Gasteiger partial charge in [-0.1, -0.05) is 18.2 Å². The van der Waals surface area contributed by atoms with E-state index in [2.05, 4.69) is 15.5 Å². The maximum absolute atomic E-state index is 12.5. The van der Waals surface area contributed by atoms with E-state index in [1.807, 2.05) is 54.6 Å². The molecule has 1 N–H and O–H groups in total. The Morgan fingerprint density at radius 2 is 1.68 bits per heavy atom. The van der Waals surface area contributed by atoms with Crippen LogP contribution in [0, 0.1) is 0 Å². The summed E-state index contributed by atoms with van der Waals surface area (Å²) in [4.78, 5) is 14.0. The normalized spacial score (nSPS) is 10.2. The van der Waals surface area contributed by atoms with Crippen LogP contribution < -0.4 is 15.0 Å². The Hall–Kier alpha value is -3.41. The number of rotatable bonds is 5. The quantitative estimate of drug-likeness (QED) is 0.773. The van der Waals surface area contributed by atoms with Crippen LogP contribution in [-0.4, -0.2) is 30.3 Å². The van der Waals surface area contributed by atoms with Crippen molar-refractivity contribution in [2.24, 2.45) is 0 Å². The highest BCUT2D eigenvalue weighted by Crippen LogP contribution is 2.19. The second kappa shape index (κ2) is 7.44. The van der Waals surface area contributed by atoms with Crippen molar-refractivity contribution in [2.45, 2.75) is 0 Å². The molecule has 6 nitrogen and oxygen atoms in total. The van der Waals surface area contributed by atoms with Crippen molar-refractivity contribution in [3.63, 3.8) is 0 Å². The standard InChI is InChI=1S/C19H18N4O2/c1-23(15-6-4-3-5-7-15)19(24)17-12-13-18(22-21-17)20-14-8-10-16(25-2)11-9-14/h3-13H,1-2H3,(H,20,22). The molecule has 25 heavy (non-hydrogen) atoms. The van der Waals surface area contributed by atoms with Crippen LogP contribution in [-0.2, 0) is 0 Å². The van der Waals surface area contributed by atoms with Crippen LogP contribution in [0.2, 0.25) is 0 Å². The first-order chi connectivity index (χ1) is 12.2. The van der Waals surface area contributed by atoms with Crippen molar-refractivity contribution in [1.82, 2.24) is 10.2 Å². The highest BCUT2D eigenvalue weighted by molar-refractivity contribution is 6.04. The molecule has 0 atom stereocenters. The monoisotopic (exact) mass is 334 g/mol. The van der Waals surface area contributed by atoms with E-state index in [4.69, 9.17) is 4.74 Å². The van der Waals surface area contributed by atoms with Gasteiger partial charge in [-0.2, -0.15) is 0 Å². The van der Waals surface area contributed by atoms with E-state index in [9.17, 15) is 4.79 Å². The molecule has 1 amide bonds. The molecular weight excluding hydrogens is 316 g/mol. The van der Waals surface area contributed by atoms with Gasteiger partial charge in [0.05, 0.1) is 7.11 Å². The van der Waals surface area contributed by atoms with Gasteiger partial charge in [-0.15, -0.1) is 10.2 Å². The predicted octanol–water partition coefficient (Wildman–Crippen LogP) is 3.51. The van der Waals surface area contributed by atoms with Crippen molar-refractivity contribution < 1.29 is 9.53 Å². The molecule has 0 saturated carbocycles. The topological polar surface area (TPSA) is 67.3 Å². The molecule has 0 aliphatic rings. The maximum Gasteiger partial charge on any atom is 0.278 e. The minimum Gasteiger partial charge on any atom is -0.497 e. The van der Waals surface area contributed by atoms with Crippen LogP contribution in [0.3, 0.4) is 0 Å². The van der Waals surface area contributed by atoms with Gasteiger partial charge in [0.1, 0.15) is 5.75 Å². The van der Waals surface area contributed by atoms with Crippen LogP contribution >= 0.6 is 0 Å². The van der Waals surface area contributed by atoms with E-state index in [0.717, 1.165) is 17.1 Å². The summed E-state index contributed by atoms with van der Waals surface area (Å²) in [5.74, 6) is 1.13. The molecular formula is C19H18N4O2. The maximum atomic E-state index is 12.5. The number of carbonyl (C=O) groups is 1. The van der Waals surface area contributed by atoms with Gasteiger partial charge in [-0.25, -0.2) is 0 Å². The highest BCUT2D eigenvalue weighted by atomic mass is 16.5. The summed E-state index contributed by atoms with van der Waals surface area (Å²) in [6.45, 7) is 0. The first kappa shape index (κ1) is 16.4. The Labute approximate surface area is 146 Å². The molecule has 0 bridgehead atoms. The molecule has 0 aliphatic heterocycles. The lowest BCUT2D eigenvalue weighted by atomic mass is 10.2. The van der Waals surface area contributed by atoms with E-state index in [1.54, 1.807) is 31.2 Å². The number of nitrogens with one attached hydrogen (secondary N) is 1. The summed E-state index contributed by atoms with van der Waals surface area (Å²) >= 11 is 0. The first-order valence-corrected chi connectivity index (χ1v) is 7.75. The third-order valence-electron chi connectivity index (χ3n) is 3.69. The Kier molecular flexibility index (Phi) is 4.89. The molecule has 2 aromatic carbocycles. The summed E-state index contributed by atoms with van der Waals surface area (Å²) in [5.41, 5.74) is 1.94. The summed E-state index contributed by atoms with van der Waals surface area (Å²) in [7, 11) is 3.33. The number of anilines is 3. The fraction of sp³-hybridized carbons (Fsp3) is 0.105. The van der Waals surface area contributed by atoms with Crippen molar-refractivity contribution >= 4 is 23.1 Å². The number of hydrogen-bond acceptors (Lipinski definition) is 5. The molecule has 0 radical (unpaired) electrons. The minimum absolute atomic E-state index is 0.213. The Bertz CT molecular complexity index is 834.